The largest absolute Gasteiger partial charge is 0.256 e. The molecule has 0 atom stereocenters. The van der Waals surface area contributed by atoms with Gasteiger partial charge in [-0.1, -0.05) is 153 Å². The lowest BCUT2D eigenvalue weighted by atomic mass is 9.92. The van der Waals surface area contributed by atoms with E-state index in [0.29, 0.717) is 0 Å². The molecule has 0 spiro atoms. The number of benzene rings is 7. The molecule has 7 aromatic carbocycles. The van der Waals surface area contributed by atoms with Gasteiger partial charge in [0.25, 0.3) is 0 Å². The van der Waals surface area contributed by atoms with Crippen molar-refractivity contribution in [2.75, 3.05) is 0 Å². The lowest BCUT2D eigenvalue weighted by molar-refractivity contribution is 1.14. The standard InChI is InChI=1S/C49H37N/c1-2-35-28-47(38-25-23-37(24-26-38)40-15-11-21-46(33-40)49-22-6-7-27-50-49)34-48(29-35)45-20-10-19-44(32-45)43-18-9-17-42(31-43)41-16-8-14-39(30-41)36-12-4-3-5-13-36/h3-34H,2H2,1H3. The van der Waals surface area contributed by atoms with Crippen LogP contribution in [-0.2, 0) is 6.42 Å². The number of aryl methyl sites for hydroxylation is 1. The first kappa shape index (κ1) is 31.0. The molecule has 0 radical (unpaired) electrons. The van der Waals surface area contributed by atoms with Gasteiger partial charge in [0.1, 0.15) is 0 Å². The minimum atomic E-state index is 0.975. The second-order valence-electron chi connectivity index (χ2n) is 12.8. The average molecular weight is 640 g/mol. The van der Waals surface area contributed by atoms with E-state index in [-0.39, 0.29) is 0 Å². The van der Waals surface area contributed by atoms with Crippen LogP contribution in [-0.4, -0.2) is 4.98 Å². The maximum absolute atomic E-state index is 4.54. The quantitative estimate of drug-likeness (QED) is 0.161. The Morgan fingerprint density at radius 1 is 0.300 bits per heavy atom. The van der Waals surface area contributed by atoms with Gasteiger partial charge in [-0.25, -0.2) is 0 Å². The third kappa shape index (κ3) is 6.67. The summed E-state index contributed by atoms with van der Waals surface area (Å²) in [5.74, 6) is 0. The van der Waals surface area contributed by atoms with E-state index in [0.717, 1.165) is 17.7 Å². The lowest BCUT2D eigenvalue weighted by Crippen LogP contribution is -1.89. The van der Waals surface area contributed by atoms with Crippen LogP contribution in [0.2, 0.25) is 0 Å². The second kappa shape index (κ2) is 14.0. The van der Waals surface area contributed by atoms with E-state index in [9.17, 15) is 0 Å². The van der Waals surface area contributed by atoms with Gasteiger partial charge >= 0.3 is 0 Å². The van der Waals surface area contributed by atoms with Gasteiger partial charge in [-0.05, 0) is 121 Å². The molecule has 0 bridgehead atoms. The van der Waals surface area contributed by atoms with Gasteiger partial charge in [-0.15, -0.1) is 0 Å². The van der Waals surface area contributed by atoms with Crippen molar-refractivity contribution in [1.82, 2.24) is 4.98 Å². The van der Waals surface area contributed by atoms with Crippen LogP contribution >= 0.6 is 0 Å². The molecule has 1 aromatic heterocycles. The fourth-order valence-electron chi connectivity index (χ4n) is 6.74. The molecular formula is C49H37N. The zero-order valence-electron chi connectivity index (χ0n) is 28.1. The molecule has 1 heterocycles. The summed E-state index contributed by atoms with van der Waals surface area (Å²) in [7, 11) is 0. The first-order valence-corrected chi connectivity index (χ1v) is 17.3. The summed E-state index contributed by atoms with van der Waals surface area (Å²) in [6, 6.07) is 67.9. The molecule has 0 aliphatic rings. The van der Waals surface area contributed by atoms with Gasteiger partial charge in [0, 0.05) is 11.8 Å². The van der Waals surface area contributed by atoms with Crippen molar-refractivity contribution in [3.8, 4) is 78.0 Å². The number of rotatable bonds is 8. The van der Waals surface area contributed by atoms with Crippen LogP contribution in [0.4, 0.5) is 0 Å². The Hall–Kier alpha value is -6.31. The highest BCUT2D eigenvalue weighted by Gasteiger charge is 2.10. The van der Waals surface area contributed by atoms with Crippen molar-refractivity contribution < 1.29 is 0 Å². The number of aromatic nitrogens is 1. The average Bonchev–Trinajstić information content (AvgIpc) is 3.21. The van der Waals surface area contributed by atoms with Crippen LogP contribution in [0.15, 0.2) is 194 Å². The monoisotopic (exact) mass is 639 g/mol. The molecule has 0 aliphatic heterocycles. The molecule has 50 heavy (non-hydrogen) atoms. The number of pyridine rings is 1. The molecule has 0 aliphatic carbocycles. The van der Waals surface area contributed by atoms with E-state index >= 15 is 0 Å². The number of nitrogens with zero attached hydrogens (tertiary/aromatic N) is 1. The Kier molecular flexibility index (Phi) is 8.70. The predicted molar refractivity (Wildman–Crippen MR) is 212 cm³/mol. The van der Waals surface area contributed by atoms with E-state index < -0.39 is 0 Å². The summed E-state index contributed by atoms with van der Waals surface area (Å²) in [6.45, 7) is 2.23. The normalized spacial score (nSPS) is 11.0. The predicted octanol–water partition coefficient (Wildman–Crippen LogP) is 13.3. The van der Waals surface area contributed by atoms with Gasteiger partial charge in [0.15, 0.2) is 0 Å². The molecule has 8 aromatic rings. The summed E-state index contributed by atoms with van der Waals surface area (Å²) in [5, 5.41) is 0. The summed E-state index contributed by atoms with van der Waals surface area (Å²) < 4.78 is 0. The first-order valence-electron chi connectivity index (χ1n) is 17.3. The van der Waals surface area contributed by atoms with E-state index in [4.69, 9.17) is 0 Å². The third-order valence-electron chi connectivity index (χ3n) is 9.47. The van der Waals surface area contributed by atoms with Crippen molar-refractivity contribution in [3.63, 3.8) is 0 Å². The van der Waals surface area contributed by atoms with Crippen molar-refractivity contribution >= 4 is 0 Å². The molecule has 8 rings (SSSR count). The Bertz CT molecular complexity index is 2390. The first-order chi connectivity index (χ1) is 24.7. The van der Waals surface area contributed by atoms with E-state index in [1.165, 1.54) is 72.3 Å². The van der Waals surface area contributed by atoms with Gasteiger partial charge in [-0.3, -0.25) is 4.98 Å². The summed E-state index contributed by atoms with van der Waals surface area (Å²) in [6.07, 6.45) is 2.82. The van der Waals surface area contributed by atoms with Crippen molar-refractivity contribution in [2.24, 2.45) is 0 Å². The highest BCUT2D eigenvalue weighted by atomic mass is 14.7. The van der Waals surface area contributed by atoms with Crippen LogP contribution in [0.5, 0.6) is 0 Å². The molecule has 0 unspecified atom stereocenters. The zero-order chi connectivity index (χ0) is 33.7. The van der Waals surface area contributed by atoms with Crippen LogP contribution in [0.25, 0.3) is 78.0 Å². The number of hydrogen-bond donors (Lipinski definition) is 0. The molecule has 0 saturated carbocycles. The molecular weight excluding hydrogens is 603 g/mol. The summed E-state index contributed by atoms with van der Waals surface area (Å²) >= 11 is 0. The molecule has 0 saturated heterocycles. The van der Waals surface area contributed by atoms with Crippen LogP contribution in [0.1, 0.15) is 12.5 Å². The molecule has 1 nitrogen and oxygen atoms in total. The van der Waals surface area contributed by atoms with Crippen molar-refractivity contribution in [2.45, 2.75) is 13.3 Å². The Morgan fingerprint density at radius 3 is 1.16 bits per heavy atom. The van der Waals surface area contributed by atoms with Crippen molar-refractivity contribution in [3.05, 3.63) is 200 Å². The molecule has 0 N–H and O–H groups in total. The van der Waals surface area contributed by atoms with Crippen molar-refractivity contribution in [1.29, 1.82) is 0 Å². The lowest BCUT2D eigenvalue weighted by Gasteiger charge is -2.13. The molecule has 1 heteroatoms. The van der Waals surface area contributed by atoms with E-state index in [1.807, 2.05) is 18.3 Å². The fraction of sp³-hybridized carbons (Fsp3) is 0.0408. The van der Waals surface area contributed by atoms with E-state index in [2.05, 4.69) is 188 Å². The smallest absolute Gasteiger partial charge is 0.0702 e. The van der Waals surface area contributed by atoms with Crippen LogP contribution in [0, 0.1) is 0 Å². The fourth-order valence-corrected chi connectivity index (χ4v) is 6.74. The third-order valence-corrected chi connectivity index (χ3v) is 9.47. The topological polar surface area (TPSA) is 12.9 Å². The minimum absolute atomic E-state index is 0.975. The van der Waals surface area contributed by atoms with Gasteiger partial charge in [-0.2, -0.15) is 0 Å². The van der Waals surface area contributed by atoms with Crippen LogP contribution in [0.3, 0.4) is 0 Å². The Morgan fingerprint density at radius 2 is 0.660 bits per heavy atom. The van der Waals surface area contributed by atoms with E-state index in [1.54, 1.807) is 0 Å². The summed E-state index contributed by atoms with van der Waals surface area (Å²) in [4.78, 5) is 4.54. The Balaban J connectivity index is 1.08. The van der Waals surface area contributed by atoms with Gasteiger partial charge in [0.2, 0.25) is 0 Å². The maximum Gasteiger partial charge on any atom is 0.0702 e. The highest BCUT2D eigenvalue weighted by molar-refractivity contribution is 5.81. The summed E-state index contributed by atoms with van der Waals surface area (Å²) in [5.41, 5.74) is 18.0. The highest BCUT2D eigenvalue weighted by Crippen LogP contribution is 2.35. The molecule has 0 amide bonds. The maximum atomic E-state index is 4.54. The SMILES string of the molecule is CCc1cc(-c2ccc(-c3cccc(-c4ccccn4)c3)cc2)cc(-c2cccc(-c3cccc(-c4cccc(-c5ccccc5)c4)c3)c2)c1. The molecule has 0 fully saturated rings. The van der Waals surface area contributed by atoms with Gasteiger partial charge < -0.3 is 0 Å². The number of hydrogen-bond acceptors (Lipinski definition) is 1. The Labute approximate surface area is 295 Å². The van der Waals surface area contributed by atoms with Gasteiger partial charge in [0.05, 0.1) is 5.69 Å². The minimum Gasteiger partial charge on any atom is -0.256 e. The second-order valence-corrected chi connectivity index (χ2v) is 12.8. The molecule has 238 valence electrons. The zero-order valence-corrected chi connectivity index (χ0v) is 28.1. The van der Waals surface area contributed by atoms with Crippen LogP contribution < -0.4 is 0 Å².